The number of nitriles is 1. The highest BCUT2D eigenvalue weighted by Gasteiger charge is 2.08. The summed E-state index contributed by atoms with van der Waals surface area (Å²) in [4.78, 5) is 2.20. The molecule has 0 atom stereocenters. The molecule has 3 N–H and O–H groups in total. The van der Waals surface area contributed by atoms with Gasteiger partial charge in [-0.05, 0) is 36.5 Å². The Balaban J connectivity index is 2.16. The molecule has 120 valence electrons. The summed E-state index contributed by atoms with van der Waals surface area (Å²) in [7, 11) is 0. The second-order valence-electron chi connectivity index (χ2n) is 4.85. The first kappa shape index (κ1) is 16.5. The summed E-state index contributed by atoms with van der Waals surface area (Å²) in [6.07, 6.45) is 1.51. The number of phenols is 1. The minimum atomic E-state index is 0.224. The van der Waals surface area contributed by atoms with Crippen molar-refractivity contribution in [3.8, 4) is 11.8 Å². The Morgan fingerprint density at radius 2 is 2.22 bits per heavy atom. The van der Waals surface area contributed by atoms with E-state index in [1.54, 1.807) is 12.1 Å². The minimum absolute atomic E-state index is 0.224. The maximum atomic E-state index is 9.99. The van der Waals surface area contributed by atoms with Gasteiger partial charge in [0.05, 0.1) is 0 Å². The average molecular weight is 313 g/mol. The molecule has 0 radical (unpaired) electrons. The van der Waals surface area contributed by atoms with Crippen LogP contribution in [0.5, 0.6) is 5.75 Å². The number of H-pyrrole nitrogens is 1. The number of allylic oxidation sites excluding steroid dienone is 1. The zero-order valence-electron chi connectivity index (χ0n) is 13.1. The van der Waals surface area contributed by atoms with Gasteiger partial charge in [-0.2, -0.15) is 10.5 Å². The first-order valence-electron chi connectivity index (χ1n) is 7.32. The number of tetrazole rings is 1. The molecule has 23 heavy (non-hydrogen) atoms. The highest BCUT2D eigenvalue weighted by molar-refractivity contribution is 5.74. The topological polar surface area (TPSA) is 114 Å². The van der Waals surface area contributed by atoms with Gasteiger partial charge in [-0.1, -0.05) is 13.8 Å². The minimum Gasteiger partial charge on any atom is -0.508 e. The van der Waals surface area contributed by atoms with Crippen molar-refractivity contribution in [3.63, 3.8) is 0 Å². The second kappa shape index (κ2) is 7.91. The normalized spacial score (nSPS) is 11.5. The Labute approximate surface area is 134 Å². The molecular weight excluding hydrogens is 294 g/mol. The van der Waals surface area contributed by atoms with E-state index in [0.717, 1.165) is 24.3 Å². The first-order chi connectivity index (χ1) is 11.2. The standard InChI is InChI=1S/C15H19N7O/c1-3-22(4-2)10-11-7-13(5-6-14(11)23)17-9-12(8-16)15-18-20-21-19-15/h5-7,9,17,23H,3-4,10H2,1-2H3,(H,18,19,20,21). The monoisotopic (exact) mass is 313 g/mol. The van der Waals surface area contributed by atoms with Crippen molar-refractivity contribution in [2.75, 3.05) is 18.4 Å². The SMILES string of the molecule is CCN(CC)Cc1cc(NC=C(C#N)c2nn[nH]n2)ccc1O. The molecule has 8 nitrogen and oxygen atoms in total. The lowest BCUT2D eigenvalue weighted by molar-refractivity contribution is 0.291. The fourth-order valence-electron chi connectivity index (χ4n) is 2.07. The second-order valence-corrected chi connectivity index (χ2v) is 4.85. The van der Waals surface area contributed by atoms with E-state index in [1.165, 1.54) is 6.20 Å². The molecule has 0 saturated heterocycles. The third-order valence-electron chi connectivity index (χ3n) is 3.46. The predicted molar refractivity (Wildman–Crippen MR) is 86.1 cm³/mol. The number of anilines is 1. The molecule has 0 aliphatic rings. The van der Waals surface area contributed by atoms with Gasteiger partial charge >= 0.3 is 0 Å². The van der Waals surface area contributed by atoms with Crippen LogP contribution in [-0.2, 0) is 6.54 Å². The molecule has 0 aliphatic heterocycles. The number of phenolic OH excluding ortho intramolecular Hbond substituents is 1. The largest absolute Gasteiger partial charge is 0.508 e. The fourth-order valence-corrected chi connectivity index (χ4v) is 2.07. The molecule has 1 heterocycles. The van der Waals surface area contributed by atoms with Crippen LogP contribution in [0.3, 0.4) is 0 Å². The molecule has 0 unspecified atom stereocenters. The van der Waals surface area contributed by atoms with E-state index in [2.05, 4.69) is 44.7 Å². The molecule has 0 saturated carbocycles. The van der Waals surface area contributed by atoms with Gasteiger partial charge in [0.15, 0.2) is 0 Å². The maximum Gasteiger partial charge on any atom is 0.216 e. The van der Waals surface area contributed by atoms with Gasteiger partial charge in [-0.25, -0.2) is 0 Å². The van der Waals surface area contributed by atoms with Crippen LogP contribution in [-0.4, -0.2) is 43.7 Å². The Morgan fingerprint density at radius 3 is 2.83 bits per heavy atom. The van der Waals surface area contributed by atoms with Crippen LogP contribution in [0, 0.1) is 11.3 Å². The summed E-state index contributed by atoms with van der Waals surface area (Å²) in [5.74, 6) is 0.479. The van der Waals surface area contributed by atoms with Crippen LogP contribution < -0.4 is 5.32 Å². The van der Waals surface area contributed by atoms with E-state index in [1.807, 2.05) is 12.1 Å². The predicted octanol–water partition coefficient (Wildman–Crippen LogP) is 1.72. The number of nitrogens with one attached hydrogen (secondary N) is 2. The maximum absolute atomic E-state index is 9.99. The van der Waals surface area contributed by atoms with Crippen molar-refractivity contribution in [1.82, 2.24) is 25.5 Å². The van der Waals surface area contributed by atoms with E-state index in [4.69, 9.17) is 5.26 Å². The van der Waals surface area contributed by atoms with Crippen molar-refractivity contribution in [2.45, 2.75) is 20.4 Å². The number of hydrogen-bond donors (Lipinski definition) is 3. The van der Waals surface area contributed by atoms with Gasteiger partial charge in [-0.3, -0.25) is 4.90 Å². The molecule has 0 spiro atoms. The lowest BCUT2D eigenvalue weighted by Gasteiger charge is -2.19. The molecule has 0 aliphatic carbocycles. The van der Waals surface area contributed by atoms with Crippen molar-refractivity contribution in [2.24, 2.45) is 0 Å². The molecule has 0 fully saturated rings. The van der Waals surface area contributed by atoms with Gasteiger partial charge in [0, 0.05) is 24.0 Å². The molecule has 1 aromatic carbocycles. The Kier molecular flexibility index (Phi) is 5.66. The van der Waals surface area contributed by atoms with E-state index in [0.29, 0.717) is 6.54 Å². The Morgan fingerprint density at radius 1 is 1.43 bits per heavy atom. The van der Waals surface area contributed by atoms with E-state index < -0.39 is 0 Å². The summed E-state index contributed by atoms with van der Waals surface area (Å²) in [6.45, 7) is 6.63. The molecule has 8 heteroatoms. The zero-order valence-corrected chi connectivity index (χ0v) is 13.1. The Hall–Kier alpha value is -2.92. The van der Waals surface area contributed by atoms with Crippen molar-refractivity contribution >= 4 is 11.3 Å². The van der Waals surface area contributed by atoms with Crippen LogP contribution in [0.15, 0.2) is 24.4 Å². The first-order valence-corrected chi connectivity index (χ1v) is 7.32. The summed E-state index contributed by atoms with van der Waals surface area (Å²) < 4.78 is 0. The summed E-state index contributed by atoms with van der Waals surface area (Å²) in [6, 6.07) is 7.24. The molecule has 2 aromatic rings. The molecule has 1 aromatic heterocycles. The number of rotatable bonds is 7. The fraction of sp³-hybridized carbons (Fsp3) is 0.333. The number of hydrogen-bond acceptors (Lipinski definition) is 7. The third-order valence-corrected chi connectivity index (χ3v) is 3.46. The van der Waals surface area contributed by atoms with Crippen molar-refractivity contribution in [1.29, 1.82) is 5.26 Å². The number of aromatic nitrogens is 4. The van der Waals surface area contributed by atoms with E-state index in [9.17, 15) is 5.11 Å². The number of nitrogens with zero attached hydrogens (tertiary/aromatic N) is 5. The van der Waals surface area contributed by atoms with Gasteiger partial charge in [-0.15, -0.1) is 10.2 Å². The van der Waals surface area contributed by atoms with Crippen molar-refractivity contribution < 1.29 is 5.11 Å². The van der Waals surface area contributed by atoms with E-state index in [-0.39, 0.29) is 17.1 Å². The average Bonchev–Trinajstić information content (AvgIpc) is 3.10. The number of aromatic amines is 1. The van der Waals surface area contributed by atoms with Crippen molar-refractivity contribution in [3.05, 3.63) is 35.8 Å². The summed E-state index contributed by atoms with van der Waals surface area (Å²) in [5.41, 5.74) is 1.85. The van der Waals surface area contributed by atoms with Crippen LogP contribution in [0.4, 0.5) is 5.69 Å². The van der Waals surface area contributed by atoms with E-state index >= 15 is 0 Å². The smallest absolute Gasteiger partial charge is 0.216 e. The van der Waals surface area contributed by atoms with Crippen LogP contribution in [0.1, 0.15) is 25.2 Å². The van der Waals surface area contributed by atoms with Gasteiger partial charge in [0.1, 0.15) is 17.4 Å². The molecule has 0 bridgehead atoms. The summed E-state index contributed by atoms with van der Waals surface area (Å²) >= 11 is 0. The summed E-state index contributed by atoms with van der Waals surface area (Å²) in [5, 5.41) is 35.4. The Bertz CT molecular complexity index is 699. The highest BCUT2D eigenvalue weighted by atomic mass is 16.3. The van der Waals surface area contributed by atoms with Crippen LogP contribution in [0.2, 0.25) is 0 Å². The van der Waals surface area contributed by atoms with Gasteiger partial charge < -0.3 is 10.4 Å². The molecule has 2 rings (SSSR count). The molecular formula is C15H19N7O. The van der Waals surface area contributed by atoms with Gasteiger partial charge in [0.2, 0.25) is 5.82 Å². The van der Waals surface area contributed by atoms with Gasteiger partial charge in [0.25, 0.3) is 0 Å². The number of benzene rings is 1. The lowest BCUT2D eigenvalue weighted by atomic mass is 10.1. The van der Waals surface area contributed by atoms with Crippen LogP contribution in [0.25, 0.3) is 5.57 Å². The lowest BCUT2D eigenvalue weighted by Crippen LogP contribution is -2.22. The third kappa shape index (κ3) is 4.28. The van der Waals surface area contributed by atoms with Crippen LogP contribution >= 0.6 is 0 Å². The highest BCUT2D eigenvalue weighted by Crippen LogP contribution is 2.23. The zero-order chi connectivity index (χ0) is 16.7. The molecule has 0 amide bonds. The quantitative estimate of drug-likeness (QED) is 0.527. The number of aromatic hydroxyl groups is 1.